The quantitative estimate of drug-likeness (QED) is 0.0286. The van der Waals surface area contributed by atoms with Crippen molar-refractivity contribution in [3.05, 3.63) is 119 Å². The summed E-state index contributed by atoms with van der Waals surface area (Å²) in [5.74, 6) is -1.60. The van der Waals surface area contributed by atoms with Gasteiger partial charge in [0.25, 0.3) is 12.2 Å². The van der Waals surface area contributed by atoms with E-state index in [1.807, 2.05) is 66.9 Å². The molecule has 1 aromatic heterocycles. The highest BCUT2D eigenvalue weighted by Crippen LogP contribution is 2.42. The molecule has 0 radical (unpaired) electrons. The lowest BCUT2D eigenvalue weighted by Crippen LogP contribution is -2.23. The number of anilines is 1. The van der Waals surface area contributed by atoms with Crippen molar-refractivity contribution in [3.63, 3.8) is 0 Å². The number of carbonyl (C=O) groups excluding carboxylic acids is 3. The summed E-state index contributed by atoms with van der Waals surface area (Å²) in [6, 6.07) is 24.6. The van der Waals surface area contributed by atoms with Gasteiger partial charge in [0.2, 0.25) is 0 Å². The van der Waals surface area contributed by atoms with E-state index in [4.69, 9.17) is 9.47 Å². The highest BCUT2D eigenvalue weighted by Gasteiger charge is 2.31. The number of rotatable bonds is 19. The molecular formula is C40H44FN3O10. The van der Waals surface area contributed by atoms with Crippen molar-refractivity contribution >= 4 is 23.7 Å². The summed E-state index contributed by atoms with van der Waals surface area (Å²) in [6.45, 7) is 5.08. The number of esters is 1. The molecule has 1 unspecified atom stereocenters. The number of hydrogen-bond donors (Lipinski definition) is 3. The second-order valence-corrected chi connectivity index (χ2v) is 12.6. The lowest BCUT2D eigenvalue weighted by molar-refractivity contribution is -0.145. The molecule has 54 heavy (non-hydrogen) atoms. The van der Waals surface area contributed by atoms with Crippen molar-refractivity contribution in [2.24, 2.45) is 5.34 Å². The van der Waals surface area contributed by atoms with Crippen LogP contribution in [0.5, 0.6) is 0 Å². The molecular weight excluding hydrogens is 701 g/mol. The van der Waals surface area contributed by atoms with E-state index >= 15 is 0 Å². The van der Waals surface area contributed by atoms with Crippen LogP contribution < -0.4 is 5.32 Å². The Labute approximate surface area is 312 Å². The molecule has 1 heterocycles. The van der Waals surface area contributed by atoms with Crippen LogP contribution in [0.1, 0.15) is 62.0 Å². The molecule has 3 atom stereocenters. The van der Waals surface area contributed by atoms with Gasteiger partial charge in [-0.3, -0.25) is 9.59 Å². The molecule has 0 saturated heterocycles. The Morgan fingerprint density at radius 2 is 1.48 bits per heavy atom. The van der Waals surface area contributed by atoms with Crippen LogP contribution in [0, 0.1) is 10.7 Å². The lowest BCUT2D eigenvalue weighted by atomic mass is 9.94. The first kappa shape index (κ1) is 40.9. The van der Waals surface area contributed by atoms with Gasteiger partial charge in [0.15, 0.2) is 5.34 Å². The molecule has 0 aliphatic carbocycles. The number of halogens is 1. The largest absolute Gasteiger partial charge is 0.511 e. The van der Waals surface area contributed by atoms with Gasteiger partial charge < -0.3 is 39.1 Å². The first-order valence-electron chi connectivity index (χ1n) is 17.4. The minimum absolute atomic E-state index is 0.125. The van der Waals surface area contributed by atoms with Gasteiger partial charge in [-0.2, -0.15) is 0 Å². The Morgan fingerprint density at radius 3 is 2.11 bits per heavy atom. The number of aliphatic hydroxyl groups is 2. The highest BCUT2D eigenvalue weighted by atomic mass is 19.1. The summed E-state index contributed by atoms with van der Waals surface area (Å²) in [7, 11) is 0. The number of nitrogens with one attached hydrogen (secondary N) is 1. The van der Waals surface area contributed by atoms with Crippen molar-refractivity contribution in [3.8, 4) is 22.4 Å². The molecule has 13 nitrogen and oxygen atoms in total. The zero-order valence-corrected chi connectivity index (χ0v) is 30.2. The Kier molecular flexibility index (Phi) is 15.5. The van der Waals surface area contributed by atoms with Crippen LogP contribution in [0.15, 0.2) is 102 Å². The lowest BCUT2D eigenvalue weighted by Gasteiger charge is -2.20. The van der Waals surface area contributed by atoms with Gasteiger partial charge >= 0.3 is 12.1 Å². The second-order valence-electron chi connectivity index (χ2n) is 12.6. The van der Waals surface area contributed by atoms with Crippen LogP contribution in [0.2, 0.25) is 0 Å². The molecule has 14 heteroatoms. The minimum Gasteiger partial charge on any atom is -0.461 e. The second kappa shape index (κ2) is 20.4. The van der Waals surface area contributed by atoms with Crippen LogP contribution in [0.25, 0.3) is 22.4 Å². The Morgan fingerprint density at radius 1 is 0.852 bits per heavy atom. The summed E-state index contributed by atoms with van der Waals surface area (Å²) < 4.78 is 30.6. The number of benzene rings is 3. The number of hydrogen-bond acceptors (Lipinski definition) is 11. The molecule has 0 spiro atoms. The fourth-order valence-corrected chi connectivity index (χ4v) is 5.90. The fourth-order valence-electron chi connectivity index (χ4n) is 5.90. The fraction of sp³-hybridized carbons (Fsp3) is 0.325. The maximum absolute atomic E-state index is 14.2. The average Bonchev–Trinajstić information content (AvgIpc) is 3.49. The normalized spacial score (nSPS) is 12.9. The first-order valence-corrected chi connectivity index (χ1v) is 17.4. The molecule has 286 valence electrons. The van der Waals surface area contributed by atoms with Crippen molar-refractivity contribution < 1.29 is 48.0 Å². The number of amides is 1. The monoisotopic (exact) mass is 745 g/mol. The topological polar surface area (TPSA) is 175 Å². The maximum atomic E-state index is 14.2. The van der Waals surface area contributed by atoms with Crippen LogP contribution in [-0.4, -0.2) is 64.5 Å². The Bertz CT molecular complexity index is 1860. The van der Waals surface area contributed by atoms with Crippen molar-refractivity contribution in [2.75, 3.05) is 18.5 Å². The standard InChI is InChI=1S/C40H44FN3O10/c1-26(2)37-36(39(48)42-31-14-8-5-9-15-31)35(28-12-6-4-7-13-28)38(29-16-18-30(41)19-17-29)44(37)21-20-32(45)24-33(46)25-34(47)51-22-10-11-23-52-40(49)53-27(3)54-43-50/h4-19,26-27,32-33,45-46H,20-25H2,1-3H3,(H,42,48)/b11-10-/t27?,32-,33-/m1/s1. The molecule has 3 aromatic carbocycles. The average molecular weight is 746 g/mol. The molecule has 3 N–H and O–H groups in total. The Balaban J connectivity index is 1.49. The summed E-state index contributed by atoms with van der Waals surface area (Å²) in [6.07, 6.45) is -2.09. The SMILES string of the molecule is CC(ON=O)OC(=O)OC/C=C\COC(=O)C[C@H](O)C[C@H](O)CCn1c(-c2ccc(F)cc2)c(-c2ccccc2)c(C(=O)Nc2ccccc2)c1C(C)C. The third kappa shape index (κ3) is 11.8. The molecule has 4 aromatic rings. The zero-order chi connectivity index (χ0) is 39.0. The minimum atomic E-state index is -1.21. The number of aliphatic hydroxyl groups excluding tert-OH is 2. The predicted molar refractivity (Wildman–Crippen MR) is 198 cm³/mol. The van der Waals surface area contributed by atoms with E-state index in [0.717, 1.165) is 5.56 Å². The van der Waals surface area contributed by atoms with Crippen LogP contribution >= 0.6 is 0 Å². The molecule has 1 amide bonds. The Hall–Kier alpha value is -5.86. The van der Waals surface area contributed by atoms with Crippen molar-refractivity contribution in [1.29, 1.82) is 0 Å². The molecule has 0 aliphatic rings. The first-order chi connectivity index (χ1) is 26.0. The maximum Gasteiger partial charge on any atom is 0.511 e. The zero-order valence-electron chi connectivity index (χ0n) is 30.2. The van der Waals surface area contributed by atoms with Gasteiger partial charge in [-0.1, -0.05) is 62.4 Å². The molecule has 0 bridgehead atoms. The number of nitrogens with zero attached hydrogens (tertiary/aromatic N) is 2. The number of aromatic nitrogens is 1. The molecule has 4 rings (SSSR count). The van der Waals surface area contributed by atoms with E-state index in [1.165, 1.54) is 31.2 Å². The van der Waals surface area contributed by atoms with Gasteiger partial charge in [-0.25, -0.2) is 9.18 Å². The van der Waals surface area contributed by atoms with Crippen molar-refractivity contribution in [2.45, 2.75) is 71.0 Å². The van der Waals surface area contributed by atoms with Crippen LogP contribution in [0.3, 0.4) is 0 Å². The van der Waals surface area contributed by atoms with Gasteiger partial charge in [-0.05, 0) is 78.4 Å². The summed E-state index contributed by atoms with van der Waals surface area (Å²) >= 11 is 0. The smallest absolute Gasteiger partial charge is 0.461 e. The van der Waals surface area contributed by atoms with Crippen LogP contribution in [0.4, 0.5) is 14.9 Å². The molecule has 0 saturated carbocycles. The summed E-state index contributed by atoms with van der Waals surface area (Å²) in [5.41, 5.74) is 4.57. The van der Waals surface area contributed by atoms with Gasteiger partial charge in [-0.15, -0.1) is 4.91 Å². The number of carbonyl (C=O) groups is 3. The van der Waals surface area contributed by atoms with E-state index < -0.39 is 36.4 Å². The summed E-state index contributed by atoms with van der Waals surface area (Å²) in [4.78, 5) is 52.2. The molecule has 0 aliphatic heterocycles. The third-order valence-electron chi connectivity index (χ3n) is 8.18. The van der Waals surface area contributed by atoms with E-state index in [0.29, 0.717) is 33.8 Å². The van der Waals surface area contributed by atoms with Crippen LogP contribution in [-0.2, 0) is 30.4 Å². The van der Waals surface area contributed by atoms with Gasteiger partial charge in [0, 0.05) is 30.4 Å². The van der Waals surface area contributed by atoms with E-state index in [1.54, 1.807) is 24.3 Å². The highest BCUT2D eigenvalue weighted by molar-refractivity contribution is 6.12. The van der Waals surface area contributed by atoms with Gasteiger partial charge in [0.05, 0.1) is 29.9 Å². The predicted octanol–water partition coefficient (Wildman–Crippen LogP) is 7.53. The van der Waals surface area contributed by atoms with Gasteiger partial charge in [0.1, 0.15) is 19.0 Å². The van der Waals surface area contributed by atoms with E-state index in [2.05, 4.69) is 20.2 Å². The third-order valence-corrected chi connectivity index (χ3v) is 8.18. The number of para-hydroxylation sites is 1. The summed E-state index contributed by atoms with van der Waals surface area (Å²) in [5, 5.41) is 26.9. The number of ether oxygens (including phenoxy) is 3. The van der Waals surface area contributed by atoms with E-state index in [-0.39, 0.29) is 50.8 Å². The van der Waals surface area contributed by atoms with E-state index in [9.17, 15) is 33.9 Å². The van der Waals surface area contributed by atoms with Crippen molar-refractivity contribution in [1.82, 2.24) is 4.57 Å². The molecule has 0 fully saturated rings.